The molecule has 2 aliphatic rings. The lowest BCUT2D eigenvalue weighted by Crippen LogP contribution is -2.76. The summed E-state index contributed by atoms with van der Waals surface area (Å²) < 4.78 is 0. The molecule has 2 fully saturated rings. The molecule has 24 heavy (non-hydrogen) atoms. The van der Waals surface area contributed by atoms with Crippen molar-refractivity contribution in [1.82, 2.24) is 15.0 Å². The first-order valence-electron chi connectivity index (χ1n) is 8.35. The third kappa shape index (κ3) is 2.23. The molecule has 0 radical (unpaired) electrons. The number of rotatable bonds is 5. The average Bonchev–Trinajstić information content (AvgIpc) is 2.43. The van der Waals surface area contributed by atoms with Crippen LogP contribution in [0.5, 0.6) is 0 Å². The standard InChI is InChI=1S/C16H25N5O3/c1-9(2)11-17-13(19-14(18-11)21(3)4)20-16(12(23)24)8-10(22)15(16)6-5-7-15/h9-10,22H,5-8H2,1-4H3,(H,23,24)(H,17,18,19,20)/t10-,16+/m1/s1. The van der Waals surface area contributed by atoms with Gasteiger partial charge < -0.3 is 20.4 Å². The first kappa shape index (κ1) is 16.9. The number of carbonyl (C=O) groups is 1. The van der Waals surface area contributed by atoms with E-state index in [1.54, 1.807) is 4.90 Å². The van der Waals surface area contributed by atoms with E-state index in [-0.39, 0.29) is 18.3 Å². The Morgan fingerprint density at radius 3 is 2.38 bits per heavy atom. The summed E-state index contributed by atoms with van der Waals surface area (Å²) in [5.41, 5.74) is -1.81. The third-order valence-electron chi connectivity index (χ3n) is 5.48. The third-order valence-corrected chi connectivity index (χ3v) is 5.48. The molecule has 1 aromatic heterocycles. The fraction of sp³-hybridized carbons (Fsp3) is 0.750. The van der Waals surface area contributed by atoms with E-state index in [0.717, 1.165) is 6.42 Å². The number of carboxylic acids is 1. The number of aliphatic carboxylic acids is 1. The van der Waals surface area contributed by atoms with Crippen LogP contribution in [-0.2, 0) is 4.79 Å². The van der Waals surface area contributed by atoms with Crippen LogP contribution in [0.3, 0.4) is 0 Å². The van der Waals surface area contributed by atoms with Crippen LogP contribution in [0.2, 0.25) is 0 Å². The van der Waals surface area contributed by atoms with Crippen molar-refractivity contribution in [3.8, 4) is 0 Å². The van der Waals surface area contributed by atoms with Gasteiger partial charge in [0.05, 0.1) is 6.10 Å². The van der Waals surface area contributed by atoms with Gasteiger partial charge in [0, 0.05) is 31.8 Å². The van der Waals surface area contributed by atoms with Crippen molar-refractivity contribution in [3.63, 3.8) is 0 Å². The molecule has 2 saturated carbocycles. The van der Waals surface area contributed by atoms with Crippen molar-refractivity contribution in [3.05, 3.63) is 5.82 Å². The van der Waals surface area contributed by atoms with Gasteiger partial charge in [0.2, 0.25) is 11.9 Å². The molecule has 0 unspecified atom stereocenters. The van der Waals surface area contributed by atoms with Gasteiger partial charge in [0.25, 0.3) is 0 Å². The smallest absolute Gasteiger partial charge is 0.330 e. The van der Waals surface area contributed by atoms with Crippen LogP contribution in [0.1, 0.15) is 51.3 Å². The van der Waals surface area contributed by atoms with E-state index in [4.69, 9.17) is 0 Å². The Bertz CT molecular complexity index is 633. The first-order chi connectivity index (χ1) is 11.2. The molecule has 1 aromatic rings. The monoisotopic (exact) mass is 335 g/mol. The molecule has 8 nitrogen and oxygen atoms in total. The normalized spacial score (nSPS) is 27.5. The highest BCUT2D eigenvalue weighted by Gasteiger charge is 2.72. The molecule has 0 aliphatic heterocycles. The molecule has 132 valence electrons. The summed E-state index contributed by atoms with van der Waals surface area (Å²) in [4.78, 5) is 27.0. The number of aliphatic hydroxyl groups excluding tert-OH is 1. The van der Waals surface area contributed by atoms with Crippen LogP contribution in [0.25, 0.3) is 0 Å². The van der Waals surface area contributed by atoms with Crippen LogP contribution in [-0.4, -0.2) is 56.9 Å². The zero-order valence-electron chi connectivity index (χ0n) is 14.6. The van der Waals surface area contributed by atoms with E-state index in [1.807, 2.05) is 27.9 Å². The number of hydrogen-bond donors (Lipinski definition) is 3. The summed E-state index contributed by atoms with van der Waals surface area (Å²) >= 11 is 0. The van der Waals surface area contributed by atoms with Gasteiger partial charge >= 0.3 is 5.97 Å². The minimum atomic E-state index is -1.20. The predicted molar refractivity (Wildman–Crippen MR) is 89.1 cm³/mol. The molecule has 0 saturated heterocycles. The van der Waals surface area contributed by atoms with Crippen LogP contribution >= 0.6 is 0 Å². The number of hydrogen-bond acceptors (Lipinski definition) is 7. The van der Waals surface area contributed by atoms with Crippen LogP contribution in [0.4, 0.5) is 11.9 Å². The van der Waals surface area contributed by atoms with Crippen molar-refractivity contribution in [2.75, 3.05) is 24.3 Å². The average molecular weight is 335 g/mol. The zero-order chi connectivity index (χ0) is 17.7. The molecule has 2 atom stereocenters. The Hall–Kier alpha value is -1.96. The minimum absolute atomic E-state index is 0.0951. The molecule has 2 aliphatic carbocycles. The number of anilines is 2. The van der Waals surface area contributed by atoms with Gasteiger partial charge in [-0.05, 0) is 12.8 Å². The van der Waals surface area contributed by atoms with E-state index in [9.17, 15) is 15.0 Å². The fourth-order valence-corrected chi connectivity index (χ4v) is 3.77. The summed E-state index contributed by atoms with van der Waals surface area (Å²) in [5, 5.41) is 23.1. The summed E-state index contributed by atoms with van der Waals surface area (Å²) in [5.74, 6) is 0.500. The topological polar surface area (TPSA) is 111 Å². The zero-order valence-corrected chi connectivity index (χ0v) is 14.6. The fourth-order valence-electron chi connectivity index (χ4n) is 3.77. The summed E-state index contributed by atoms with van der Waals surface area (Å²) in [7, 11) is 3.66. The highest BCUT2D eigenvalue weighted by atomic mass is 16.4. The van der Waals surface area contributed by atoms with Crippen LogP contribution < -0.4 is 10.2 Å². The van der Waals surface area contributed by atoms with E-state index < -0.39 is 23.0 Å². The van der Waals surface area contributed by atoms with Crippen LogP contribution in [0.15, 0.2) is 0 Å². The number of aliphatic hydroxyl groups is 1. The largest absolute Gasteiger partial charge is 0.479 e. The van der Waals surface area contributed by atoms with Gasteiger partial charge in [-0.3, -0.25) is 0 Å². The summed E-state index contributed by atoms with van der Waals surface area (Å²) in [6.07, 6.45) is 1.93. The maximum Gasteiger partial charge on any atom is 0.330 e. The van der Waals surface area contributed by atoms with Gasteiger partial charge in [-0.2, -0.15) is 15.0 Å². The Kier molecular flexibility index (Phi) is 3.90. The molecule has 0 aromatic carbocycles. The van der Waals surface area contributed by atoms with E-state index >= 15 is 0 Å². The van der Waals surface area contributed by atoms with Crippen LogP contribution in [0, 0.1) is 5.41 Å². The number of nitrogens with zero attached hydrogens (tertiary/aromatic N) is 4. The summed E-state index contributed by atoms with van der Waals surface area (Å²) in [6.45, 7) is 3.96. The molecular weight excluding hydrogens is 310 g/mol. The molecule has 8 heteroatoms. The Morgan fingerprint density at radius 1 is 1.29 bits per heavy atom. The van der Waals surface area contributed by atoms with Crippen molar-refractivity contribution in [1.29, 1.82) is 0 Å². The molecule has 1 spiro atoms. The Morgan fingerprint density at radius 2 is 1.96 bits per heavy atom. The highest BCUT2D eigenvalue weighted by molar-refractivity contribution is 5.86. The maximum absolute atomic E-state index is 12.0. The van der Waals surface area contributed by atoms with Crippen molar-refractivity contribution in [2.24, 2.45) is 5.41 Å². The Labute approximate surface area is 141 Å². The second-order valence-electron chi connectivity index (χ2n) is 7.43. The molecule has 0 bridgehead atoms. The highest BCUT2D eigenvalue weighted by Crippen LogP contribution is 2.63. The minimum Gasteiger partial charge on any atom is -0.479 e. The first-order valence-corrected chi connectivity index (χ1v) is 8.35. The number of carboxylic acid groups (broad SMARTS) is 1. The molecule has 3 rings (SSSR count). The quantitative estimate of drug-likeness (QED) is 0.737. The molecule has 3 N–H and O–H groups in total. The maximum atomic E-state index is 12.0. The van der Waals surface area contributed by atoms with Crippen molar-refractivity contribution < 1.29 is 15.0 Å². The molecule has 1 heterocycles. The SMILES string of the molecule is CC(C)c1nc(N[C@]2(C(=O)O)C[C@@H](O)C23CCC3)nc(N(C)C)n1. The molecular formula is C16H25N5O3. The van der Waals surface area contributed by atoms with Gasteiger partial charge in [-0.1, -0.05) is 20.3 Å². The summed E-state index contributed by atoms with van der Waals surface area (Å²) in [6, 6.07) is 0. The van der Waals surface area contributed by atoms with E-state index in [0.29, 0.717) is 24.6 Å². The lowest BCUT2D eigenvalue weighted by atomic mass is 9.43. The van der Waals surface area contributed by atoms with Crippen molar-refractivity contribution in [2.45, 2.75) is 57.1 Å². The van der Waals surface area contributed by atoms with Crippen molar-refractivity contribution >= 4 is 17.9 Å². The number of aromatic nitrogens is 3. The second-order valence-corrected chi connectivity index (χ2v) is 7.43. The van der Waals surface area contributed by atoms with Gasteiger partial charge in [-0.25, -0.2) is 4.79 Å². The lowest BCUT2D eigenvalue weighted by molar-refractivity contribution is -0.198. The Balaban J connectivity index is 1.98. The van der Waals surface area contributed by atoms with E-state index in [1.165, 1.54) is 0 Å². The van der Waals surface area contributed by atoms with Gasteiger partial charge in [-0.15, -0.1) is 0 Å². The lowest BCUT2D eigenvalue weighted by Gasteiger charge is -2.64. The van der Waals surface area contributed by atoms with Gasteiger partial charge in [0.1, 0.15) is 11.4 Å². The number of nitrogens with one attached hydrogen (secondary N) is 1. The second kappa shape index (κ2) is 5.54. The molecule has 0 amide bonds. The van der Waals surface area contributed by atoms with E-state index in [2.05, 4.69) is 20.3 Å². The predicted octanol–water partition coefficient (Wildman–Crippen LogP) is 1.23. The van der Waals surface area contributed by atoms with Gasteiger partial charge in [0.15, 0.2) is 0 Å².